The van der Waals surface area contributed by atoms with Gasteiger partial charge in [-0.2, -0.15) is 4.98 Å². The molecule has 3 heterocycles. The van der Waals surface area contributed by atoms with Crippen molar-refractivity contribution in [1.29, 1.82) is 1.43 Å². The van der Waals surface area contributed by atoms with E-state index in [2.05, 4.69) is 20.3 Å². The first-order valence-corrected chi connectivity index (χ1v) is 9.40. The van der Waals surface area contributed by atoms with Crippen LogP contribution in [-0.2, 0) is 9.47 Å². The second kappa shape index (κ2) is 8.71. The van der Waals surface area contributed by atoms with Gasteiger partial charge in [0.2, 0.25) is 7.98 Å². The number of ether oxygens (including phenoxy) is 4. The van der Waals surface area contributed by atoms with Gasteiger partial charge < -0.3 is 34.2 Å². The van der Waals surface area contributed by atoms with Crippen LogP contribution in [0.1, 0.15) is 21.8 Å². The molecule has 4 atom stereocenters. The number of nitrogens with zero attached hydrogens (tertiary/aromatic N) is 3. The summed E-state index contributed by atoms with van der Waals surface area (Å²) in [6, 6.07) is 5.27. The molecule has 4 rings (SSSR count). The lowest BCUT2D eigenvalue weighted by atomic mass is 10.2. The lowest BCUT2D eigenvalue weighted by Crippen LogP contribution is -2.29. The van der Waals surface area contributed by atoms with Crippen LogP contribution in [0.25, 0.3) is 4.85 Å². The first-order chi connectivity index (χ1) is 16.0. The lowest BCUT2D eigenvalue weighted by molar-refractivity contribution is -0.0547. The average molecular weight is 419 g/mol. The van der Waals surface area contributed by atoms with Gasteiger partial charge in [0.05, 0.1) is 34.7 Å². The number of rotatable bonds is 8. The van der Waals surface area contributed by atoms with Gasteiger partial charge >= 0.3 is 5.69 Å². The number of benzene rings is 1. The molecule has 10 heteroatoms. The molecule has 1 fully saturated rings. The Labute approximate surface area is 177 Å². The Balaban J connectivity index is 1.52. The van der Waals surface area contributed by atoms with E-state index in [1.165, 1.54) is 10.8 Å². The minimum Gasteiger partial charge on any atom is -0.491 e. The van der Waals surface area contributed by atoms with Crippen LogP contribution < -0.4 is 20.5 Å². The first kappa shape index (κ1) is 16.6. The number of aliphatic hydroxyl groups is 1. The molecule has 0 radical (unpaired) electrons. The van der Waals surface area contributed by atoms with Crippen LogP contribution in [0.2, 0.25) is 0 Å². The maximum absolute atomic E-state index is 12.7. The molecule has 1 saturated heterocycles. The van der Waals surface area contributed by atoms with E-state index in [1.807, 2.05) is 0 Å². The van der Waals surface area contributed by atoms with E-state index >= 15 is 0 Å². The number of nitrogens with one attached hydrogen (secondary N) is 1. The lowest BCUT2D eigenvalue weighted by Gasteiger charge is -2.24. The highest BCUT2D eigenvalue weighted by atomic mass is 16.6. The van der Waals surface area contributed by atoms with E-state index in [9.17, 15) is 4.79 Å². The number of methoxy groups -OCH3 is 1. The van der Waals surface area contributed by atoms with E-state index in [4.69, 9.17) is 29.7 Å². The summed E-state index contributed by atoms with van der Waals surface area (Å²) in [5.41, 5.74) is -0.0623. The highest BCUT2D eigenvalue weighted by molar-refractivity contribution is 5.77. The van der Waals surface area contributed by atoms with Crippen LogP contribution in [0.4, 0.5) is 11.5 Å². The number of anilines is 2. The molecule has 158 valence electrons. The van der Waals surface area contributed by atoms with Crippen molar-refractivity contribution < 1.29 is 26.8 Å². The number of hydrogen-bond acceptors (Lipinski definition) is 8. The van der Waals surface area contributed by atoms with Crippen molar-refractivity contribution in [3.63, 3.8) is 0 Å². The zero-order chi connectivity index (χ0) is 23.4. The SMILES string of the molecule is [2H]C([3H])OC[C@H]1O[C@@H](n2cc3c(nc2=O)Nc2c(OCCC[N+]#[C-])cccc2O3)CC1O[3H]. The minimum absolute atomic E-state index is 0.116. The topological polar surface area (TPSA) is 108 Å². The molecule has 0 amide bonds. The highest BCUT2D eigenvalue weighted by Crippen LogP contribution is 2.45. The summed E-state index contributed by atoms with van der Waals surface area (Å²) in [4.78, 5) is 20.1. The largest absolute Gasteiger partial charge is 0.491 e. The molecule has 10 nitrogen and oxygen atoms in total. The molecule has 2 unspecified atom stereocenters. The molecule has 0 saturated carbocycles. The van der Waals surface area contributed by atoms with Gasteiger partial charge in [-0.3, -0.25) is 4.57 Å². The van der Waals surface area contributed by atoms with Gasteiger partial charge in [0.15, 0.2) is 17.3 Å². The van der Waals surface area contributed by atoms with Crippen LogP contribution in [0.3, 0.4) is 0 Å². The average Bonchev–Trinajstić information content (AvgIpc) is 3.22. The molecule has 1 aromatic carbocycles. The molecule has 2 aromatic rings. The van der Waals surface area contributed by atoms with Crippen LogP contribution in [-0.4, -0.2) is 55.1 Å². The second-order valence-electron chi connectivity index (χ2n) is 6.82. The Hall–Kier alpha value is -3.13. The third-order valence-electron chi connectivity index (χ3n) is 4.79. The van der Waals surface area contributed by atoms with Gasteiger partial charge in [-0.1, -0.05) is 6.07 Å². The summed E-state index contributed by atoms with van der Waals surface area (Å²) >= 11 is 0. The summed E-state index contributed by atoms with van der Waals surface area (Å²) in [6.45, 7) is 7.46. The third kappa shape index (κ3) is 3.95. The zero-order valence-electron chi connectivity index (χ0n) is 18.9. The molecule has 2 aliphatic heterocycles. The summed E-state index contributed by atoms with van der Waals surface area (Å²) < 4.78 is 45.2. The number of para-hydroxylation sites is 1. The Bertz CT molecular complexity index is 1090. The Morgan fingerprint density at radius 2 is 2.53 bits per heavy atom. The van der Waals surface area contributed by atoms with Crippen LogP contribution >= 0.6 is 0 Å². The van der Waals surface area contributed by atoms with Crippen LogP contribution in [0, 0.1) is 6.57 Å². The Morgan fingerprint density at radius 3 is 3.37 bits per heavy atom. The molecule has 0 bridgehead atoms. The first-order valence-electron chi connectivity index (χ1n) is 11.0. The quantitative estimate of drug-likeness (QED) is 0.422. The highest BCUT2D eigenvalue weighted by Gasteiger charge is 2.36. The summed E-state index contributed by atoms with van der Waals surface area (Å²) in [5, 5.41) is 7.76. The predicted octanol–water partition coefficient (Wildman–Crippen LogP) is 2.08. The molecule has 30 heavy (non-hydrogen) atoms. The van der Waals surface area contributed by atoms with Gasteiger partial charge in [0.1, 0.15) is 23.8 Å². The van der Waals surface area contributed by atoms with Gasteiger partial charge in [-0.05, 0) is 12.1 Å². The third-order valence-corrected chi connectivity index (χ3v) is 4.79. The predicted molar refractivity (Wildman–Crippen MR) is 106 cm³/mol. The molecular weight excluding hydrogens is 392 g/mol. The molecule has 1 aromatic heterocycles. The molecular formula is C20H22N4O6. The van der Waals surface area contributed by atoms with Crippen molar-refractivity contribution in [1.82, 2.24) is 9.55 Å². The fourth-order valence-electron chi connectivity index (χ4n) is 3.34. The molecule has 0 spiro atoms. The summed E-state index contributed by atoms with van der Waals surface area (Å²) in [6.07, 6.45) is 0.0574. The maximum atomic E-state index is 12.7. The smallest absolute Gasteiger partial charge is 0.351 e. The molecule has 2 N–H and O–H groups in total. The van der Waals surface area contributed by atoms with Gasteiger partial charge in [0.25, 0.3) is 0 Å². The Morgan fingerprint density at radius 1 is 1.60 bits per heavy atom. The number of aliphatic hydroxyl groups excluding tert-OH is 1. The number of fused-ring (bicyclic) bond motifs is 2. The van der Waals surface area contributed by atoms with Crippen molar-refractivity contribution in [2.24, 2.45) is 0 Å². The zero-order valence-corrected chi connectivity index (χ0v) is 15.9. The van der Waals surface area contributed by atoms with Crippen molar-refractivity contribution in [3.05, 3.63) is 46.3 Å². The van der Waals surface area contributed by atoms with Gasteiger partial charge in [-0.25, -0.2) is 11.4 Å². The minimum atomic E-state index is -1.49. The number of hydrogen-bond donors (Lipinski definition) is 2. The standard InChI is InChI=1S/C20H22N4O6/c1-21-7-4-8-28-13-5-3-6-14-18(13)22-19-15(29-14)10-24(20(26)23-19)17-9-12(25)16(30-17)11-27-2/h3,5-6,10,12,16-17,25H,4,7-9,11H2,2H3,(H,22,23,26)/t12?,16-,17-/m1/s1/i2TD,25T/t2?,12?,16-,17-. The van der Waals surface area contributed by atoms with E-state index < -0.39 is 31.2 Å². The summed E-state index contributed by atoms with van der Waals surface area (Å²) in [5.74, 6) is 1.53. The van der Waals surface area contributed by atoms with Gasteiger partial charge in [-0.15, -0.1) is 0 Å². The fourth-order valence-corrected chi connectivity index (χ4v) is 3.34. The van der Waals surface area contributed by atoms with E-state index in [-0.39, 0.29) is 18.8 Å². The van der Waals surface area contributed by atoms with Crippen molar-refractivity contribution in [2.45, 2.75) is 31.3 Å². The summed E-state index contributed by atoms with van der Waals surface area (Å²) in [7, 11) is -1.49. The normalized spacial score (nSPS) is 24.1. The van der Waals surface area contributed by atoms with Gasteiger partial charge in [0, 0.05) is 13.5 Å². The molecule has 2 aliphatic rings. The van der Waals surface area contributed by atoms with E-state index in [0.29, 0.717) is 42.5 Å². The van der Waals surface area contributed by atoms with E-state index in [0.717, 1.165) is 0 Å². The Kier molecular flexibility index (Phi) is 4.83. The van der Waals surface area contributed by atoms with Crippen molar-refractivity contribution >= 4 is 11.5 Å². The number of aromatic nitrogens is 2. The monoisotopic (exact) mass is 419 g/mol. The van der Waals surface area contributed by atoms with E-state index in [1.54, 1.807) is 18.2 Å². The van der Waals surface area contributed by atoms with Crippen molar-refractivity contribution in [2.75, 3.05) is 32.1 Å². The second-order valence-corrected chi connectivity index (χ2v) is 6.82. The van der Waals surface area contributed by atoms with Crippen LogP contribution in [0.5, 0.6) is 17.2 Å². The maximum Gasteiger partial charge on any atom is 0.351 e. The fraction of sp³-hybridized carbons (Fsp3) is 0.450. The van der Waals surface area contributed by atoms with Crippen molar-refractivity contribution in [3.8, 4) is 17.2 Å². The van der Waals surface area contributed by atoms with Crippen LogP contribution in [0.15, 0.2) is 29.2 Å². The molecule has 0 aliphatic carbocycles.